The average Bonchev–Trinajstić information content (AvgIpc) is 2.99. The summed E-state index contributed by atoms with van der Waals surface area (Å²) in [6, 6.07) is 13.1. The molecule has 0 fully saturated rings. The molecule has 0 bridgehead atoms. The Morgan fingerprint density at radius 3 is 2.00 bits per heavy atom. The SMILES string of the molecule is CC(C)(C)OC(=O)NCCNC(=O)c1ccc(CON2C(=O)c3ccccc3C2=O)cc1. The van der Waals surface area contributed by atoms with Crippen molar-refractivity contribution in [2.75, 3.05) is 13.1 Å². The van der Waals surface area contributed by atoms with Crippen LogP contribution in [0, 0.1) is 0 Å². The Bertz CT molecular complexity index is 992. The third kappa shape index (κ3) is 5.70. The summed E-state index contributed by atoms with van der Waals surface area (Å²) < 4.78 is 5.11. The second kappa shape index (κ2) is 9.61. The highest BCUT2D eigenvalue weighted by Gasteiger charge is 2.36. The maximum atomic E-state index is 12.3. The molecule has 0 radical (unpaired) electrons. The van der Waals surface area contributed by atoms with Gasteiger partial charge in [0.05, 0.1) is 11.1 Å². The van der Waals surface area contributed by atoms with Crippen molar-refractivity contribution < 1.29 is 28.8 Å². The molecule has 0 saturated carbocycles. The summed E-state index contributed by atoms with van der Waals surface area (Å²) in [7, 11) is 0. The van der Waals surface area contributed by atoms with Crippen molar-refractivity contribution in [3.8, 4) is 0 Å². The molecule has 9 heteroatoms. The Balaban J connectivity index is 1.44. The topological polar surface area (TPSA) is 114 Å². The fourth-order valence-corrected chi connectivity index (χ4v) is 2.93. The molecular weight excluding hydrogens is 414 g/mol. The van der Waals surface area contributed by atoms with Gasteiger partial charge in [-0.3, -0.25) is 19.2 Å². The van der Waals surface area contributed by atoms with Gasteiger partial charge in [-0.1, -0.05) is 24.3 Å². The van der Waals surface area contributed by atoms with Crippen molar-refractivity contribution in [1.82, 2.24) is 15.7 Å². The van der Waals surface area contributed by atoms with Gasteiger partial charge in [-0.2, -0.15) is 0 Å². The molecule has 2 N–H and O–H groups in total. The van der Waals surface area contributed by atoms with Gasteiger partial charge in [0.1, 0.15) is 12.2 Å². The second-order valence-corrected chi connectivity index (χ2v) is 8.11. The normalized spacial score (nSPS) is 13.0. The van der Waals surface area contributed by atoms with E-state index in [2.05, 4.69) is 10.6 Å². The predicted molar refractivity (Wildman–Crippen MR) is 115 cm³/mol. The van der Waals surface area contributed by atoms with E-state index in [1.54, 1.807) is 69.3 Å². The number of hydrogen-bond acceptors (Lipinski definition) is 6. The number of carbonyl (C=O) groups excluding carboxylic acids is 4. The first-order valence-electron chi connectivity index (χ1n) is 10.1. The van der Waals surface area contributed by atoms with E-state index in [1.165, 1.54) is 0 Å². The summed E-state index contributed by atoms with van der Waals surface area (Å²) in [4.78, 5) is 53.8. The summed E-state index contributed by atoms with van der Waals surface area (Å²) >= 11 is 0. The third-order valence-electron chi connectivity index (χ3n) is 4.41. The Labute approximate surface area is 185 Å². The van der Waals surface area contributed by atoms with Crippen molar-refractivity contribution in [2.45, 2.75) is 33.0 Å². The highest BCUT2D eigenvalue weighted by Crippen LogP contribution is 2.23. The van der Waals surface area contributed by atoms with Crippen LogP contribution in [-0.2, 0) is 16.2 Å². The zero-order chi connectivity index (χ0) is 23.3. The van der Waals surface area contributed by atoms with E-state index in [1.807, 2.05) is 0 Å². The number of alkyl carbamates (subject to hydrolysis) is 1. The highest BCUT2D eigenvalue weighted by molar-refractivity contribution is 6.20. The second-order valence-electron chi connectivity index (χ2n) is 8.11. The lowest BCUT2D eigenvalue weighted by molar-refractivity contribution is -0.101. The van der Waals surface area contributed by atoms with Crippen molar-refractivity contribution in [3.05, 3.63) is 70.8 Å². The molecule has 32 heavy (non-hydrogen) atoms. The Hall–Kier alpha value is -3.72. The number of hydrogen-bond donors (Lipinski definition) is 2. The number of nitrogens with zero attached hydrogens (tertiary/aromatic N) is 1. The van der Waals surface area contributed by atoms with E-state index in [0.29, 0.717) is 22.3 Å². The number of ether oxygens (including phenoxy) is 1. The van der Waals surface area contributed by atoms with Crippen molar-refractivity contribution >= 4 is 23.8 Å². The quantitative estimate of drug-likeness (QED) is 0.506. The van der Waals surface area contributed by atoms with Crippen LogP contribution in [0.5, 0.6) is 0 Å². The van der Waals surface area contributed by atoms with Crippen LogP contribution >= 0.6 is 0 Å². The molecule has 0 spiro atoms. The third-order valence-corrected chi connectivity index (χ3v) is 4.41. The van der Waals surface area contributed by atoms with Crippen molar-refractivity contribution in [1.29, 1.82) is 0 Å². The number of rotatable bonds is 7. The summed E-state index contributed by atoms with van der Waals surface area (Å²) in [5, 5.41) is 6.01. The number of fused-ring (bicyclic) bond motifs is 1. The first kappa shape index (κ1) is 23.0. The van der Waals surface area contributed by atoms with Gasteiger partial charge >= 0.3 is 6.09 Å². The number of benzene rings is 2. The standard InChI is InChI=1S/C23H25N3O6/c1-23(2,3)32-22(30)25-13-12-24-19(27)16-10-8-15(9-11-16)14-31-26-20(28)17-6-4-5-7-18(17)21(26)29/h4-11H,12-14H2,1-3H3,(H,24,27)(H,25,30). The first-order valence-corrected chi connectivity index (χ1v) is 10.1. The van der Waals surface area contributed by atoms with E-state index < -0.39 is 23.5 Å². The van der Waals surface area contributed by atoms with Gasteiger partial charge in [0.15, 0.2) is 0 Å². The van der Waals surface area contributed by atoms with Gasteiger partial charge < -0.3 is 15.4 Å². The molecule has 2 aromatic rings. The number of imide groups is 1. The number of hydroxylamine groups is 2. The van der Waals surface area contributed by atoms with Crippen LogP contribution in [0.1, 0.15) is 57.4 Å². The summed E-state index contributed by atoms with van der Waals surface area (Å²) in [6.07, 6.45) is -0.547. The average molecular weight is 439 g/mol. The monoisotopic (exact) mass is 439 g/mol. The molecule has 2 aromatic carbocycles. The maximum absolute atomic E-state index is 12.3. The molecule has 9 nitrogen and oxygen atoms in total. The summed E-state index contributed by atoms with van der Waals surface area (Å²) in [5.41, 5.74) is 1.14. The van der Waals surface area contributed by atoms with Crippen LogP contribution in [0.2, 0.25) is 0 Å². The molecule has 1 aliphatic heterocycles. The fraction of sp³-hybridized carbons (Fsp3) is 0.304. The highest BCUT2D eigenvalue weighted by atomic mass is 16.7. The smallest absolute Gasteiger partial charge is 0.407 e. The van der Waals surface area contributed by atoms with Crippen LogP contribution < -0.4 is 10.6 Å². The largest absolute Gasteiger partial charge is 0.444 e. The van der Waals surface area contributed by atoms with E-state index >= 15 is 0 Å². The van der Waals surface area contributed by atoms with E-state index in [-0.39, 0.29) is 25.6 Å². The molecule has 168 valence electrons. The number of amides is 4. The predicted octanol–water partition coefficient (Wildman–Crippen LogP) is 2.67. The minimum atomic E-state index is -0.585. The maximum Gasteiger partial charge on any atom is 0.407 e. The van der Waals surface area contributed by atoms with Crippen molar-refractivity contribution in [3.63, 3.8) is 0 Å². The molecule has 0 aliphatic carbocycles. The van der Waals surface area contributed by atoms with Gasteiger partial charge in [-0.25, -0.2) is 4.79 Å². The molecule has 0 unspecified atom stereocenters. The first-order chi connectivity index (χ1) is 15.2. The molecular formula is C23H25N3O6. The molecule has 3 rings (SSSR count). The molecule has 0 saturated heterocycles. The van der Waals surface area contributed by atoms with E-state index in [9.17, 15) is 19.2 Å². The van der Waals surface area contributed by atoms with Crippen LogP contribution in [0.25, 0.3) is 0 Å². The van der Waals surface area contributed by atoms with Crippen LogP contribution in [0.15, 0.2) is 48.5 Å². The Kier molecular flexibility index (Phi) is 6.89. The minimum absolute atomic E-state index is 0.00677. The lowest BCUT2D eigenvalue weighted by atomic mass is 10.1. The van der Waals surface area contributed by atoms with Gasteiger partial charge in [-0.05, 0) is 50.6 Å². The minimum Gasteiger partial charge on any atom is -0.444 e. The number of carbonyl (C=O) groups is 4. The van der Waals surface area contributed by atoms with Crippen LogP contribution in [-0.4, -0.2) is 47.6 Å². The van der Waals surface area contributed by atoms with Gasteiger partial charge in [0, 0.05) is 18.7 Å². The molecule has 0 atom stereocenters. The van der Waals surface area contributed by atoms with Crippen LogP contribution in [0.3, 0.4) is 0 Å². The van der Waals surface area contributed by atoms with Gasteiger partial charge in [-0.15, -0.1) is 5.06 Å². The molecule has 1 heterocycles. The molecule has 4 amide bonds. The van der Waals surface area contributed by atoms with Gasteiger partial charge in [0.25, 0.3) is 17.7 Å². The molecule has 0 aromatic heterocycles. The Morgan fingerprint density at radius 2 is 1.44 bits per heavy atom. The summed E-state index contributed by atoms with van der Waals surface area (Å²) in [5.74, 6) is -1.30. The summed E-state index contributed by atoms with van der Waals surface area (Å²) in [6.45, 7) is 5.76. The molecule has 1 aliphatic rings. The zero-order valence-corrected chi connectivity index (χ0v) is 18.1. The van der Waals surface area contributed by atoms with Crippen LogP contribution in [0.4, 0.5) is 4.79 Å². The zero-order valence-electron chi connectivity index (χ0n) is 18.1. The lowest BCUT2D eigenvalue weighted by Crippen LogP contribution is -2.37. The fourth-order valence-electron chi connectivity index (χ4n) is 2.93. The van der Waals surface area contributed by atoms with E-state index in [4.69, 9.17) is 9.57 Å². The van der Waals surface area contributed by atoms with Gasteiger partial charge in [0.2, 0.25) is 0 Å². The Morgan fingerprint density at radius 1 is 0.875 bits per heavy atom. The lowest BCUT2D eigenvalue weighted by Gasteiger charge is -2.19. The van der Waals surface area contributed by atoms with Crippen molar-refractivity contribution in [2.24, 2.45) is 0 Å². The number of nitrogens with one attached hydrogen (secondary N) is 2. The van der Waals surface area contributed by atoms with E-state index in [0.717, 1.165) is 5.06 Å².